The van der Waals surface area contributed by atoms with Crippen LogP contribution in [-0.4, -0.2) is 22.6 Å². The lowest BCUT2D eigenvalue weighted by molar-refractivity contribution is -0.124. The first-order valence-electron chi connectivity index (χ1n) is 6.47. The molecule has 0 saturated heterocycles. The summed E-state index contributed by atoms with van der Waals surface area (Å²) in [6, 6.07) is 7.30. The Kier molecular flexibility index (Phi) is 3.50. The maximum atomic E-state index is 12.3. The number of hydrogen-bond donors (Lipinski definition) is 0. The summed E-state index contributed by atoms with van der Waals surface area (Å²) in [6.45, 7) is 6.40. The van der Waals surface area contributed by atoms with E-state index in [2.05, 4.69) is 0 Å². The van der Waals surface area contributed by atoms with Crippen molar-refractivity contribution in [1.29, 1.82) is 0 Å². The molecule has 0 radical (unpaired) electrons. The lowest BCUT2D eigenvalue weighted by Crippen LogP contribution is -2.44. The zero-order valence-corrected chi connectivity index (χ0v) is 11.1. The molecule has 1 heterocycles. The van der Waals surface area contributed by atoms with E-state index in [1.807, 2.05) is 45.0 Å². The van der Waals surface area contributed by atoms with Gasteiger partial charge in [0.05, 0.1) is 6.04 Å². The van der Waals surface area contributed by atoms with Crippen molar-refractivity contribution in [2.75, 3.05) is 0 Å². The highest BCUT2D eigenvalue weighted by Gasteiger charge is 2.36. The van der Waals surface area contributed by atoms with Crippen LogP contribution in [0.2, 0.25) is 0 Å². The van der Waals surface area contributed by atoms with Gasteiger partial charge in [0, 0.05) is 18.5 Å². The van der Waals surface area contributed by atoms with E-state index in [9.17, 15) is 9.59 Å². The van der Waals surface area contributed by atoms with Crippen LogP contribution in [-0.2, 0) is 11.3 Å². The number of rotatable bonds is 4. The van der Waals surface area contributed by atoms with Crippen molar-refractivity contribution in [3.63, 3.8) is 0 Å². The Bertz CT molecular complexity index is 479. The molecule has 3 nitrogen and oxygen atoms in total. The van der Waals surface area contributed by atoms with Crippen LogP contribution in [0.3, 0.4) is 0 Å². The van der Waals surface area contributed by atoms with Crippen LogP contribution >= 0.6 is 0 Å². The van der Waals surface area contributed by atoms with E-state index in [-0.39, 0.29) is 23.7 Å². The van der Waals surface area contributed by atoms with E-state index in [1.165, 1.54) is 0 Å². The second-order valence-corrected chi connectivity index (χ2v) is 5.10. The highest BCUT2D eigenvalue weighted by Crippen LogP contribution is 2.27. The van der Waals surface area contributed by atoms with Gasteiger partial charge in [0.15, 0.2) is 5.78 Å². The van der Waals surface area contributed by atoms with Gasteiger partial charge >= 0.3 is 0 Å². The fourth-order valence-corrected chi connectivity index (χ4v) is 2.62. The van der Waals surface area contributed by atoms with Crippen molar-refractivity contribution in [1.82, 2.24) is 4.90 Å². The van der Waals surface area contributed by atoms with Gasteiger partial charge < -0.3 is 4.90 Å². The normalized spacial score (nSPS) is 16.0. The maximum absolute atomic E-state index is 12.3. The van der Waals surface area contributed by atoms with Gasteiger partial charge in [-0.2, -0.15) is 0 Å². The summed E-state index contributed by atoms with van der Waals surface area (Å²) in [6.07, 6.45) is 0.475. The molecule has 1 aromatic rings. The van der Waals surface area contributed by atoms with Crippen LogP contribution in [0.15, 0.2) is 24.3 Å². The van der Waals surface area contributed by atoms with Crippen molar-refractivity contribution in [3.05, 3.63) is 35.4 Å². The van der Waals surface area contributed by atoms with E-state index in [4.69, 9.17) is 0 Å². The van der Waals surface area contributed by atoms with Crippen molar-refractivity contribution < 1.29 is 9.59 Å². The minimum Gasteiger partial charge on any atom is -0.324 e. The molecule has 1 aliphatic heterocycles. The Hall–Kier alpha value is -1.64. The Labute approximate surface area is 108 Å². The number of nitrogens with zero attached hydrogens (tertiary/aromatic N) is 1. The van der Waals surface area contributed by atoms with Gasteiger partial charge in [-0.15, -0.1) is 0 Å². The molecule has 1 amide bonds. The molecule has 0 saturated carbocycles. The Morgan fingerprint density at radius 1 is 1.33 bits per heavy atom. The number of ketones is 1. The summed E-state index contributed by atoms with van der Waals surface area (Å²) >= 11 is 0. The highest BCUT2D eigenvalue weighted by molar-refractivity contribution is 6.01. The van der Waals surface area contributed by atoms with Crippen molar-refractivity contribution in [2.45, 2.75) is 39.8 Å². The summed E-state index contributed by atoms with van der Waals surface area (Å²) in [5, 5.41) is 0. The molecule has 2 rings (SSSR count). The van der Waals surface area contributed by atoms with Crippen LogP contribution in [0.25, 0.3) is 0 Å². The number of amides is 1. The Morgan fingerprint density at radius 2 is 2.00 bits per heavy atom. The average molecular weight is 245 g/mol. The molecule has 0 fully saturated rings. The van der Waals surface area contributed by atoms with E-state index < -0.39 is 0 Å². The lowest BCUT2D eigenvalue weighted by atomic mass is 9.96. The fourth-order valence-electron chi connectivity index (χ4n) is 2.62. The minimum absolute atomic E-state index is 0.00824. The standard InChI is InChI=1S/C15H19NO2/c1-4-13(17)14(10(2)3)16-9-11-7-5-6-8-12(11)15(16)18/h5-8,10,14H,4,9H2,1-3H3/t14-/m0/s1. The highest BCUT2D eigenvalue weighted by atomic mass is 16.2. The molecule has 0 aromatic heterocycles. The zero-order valence-electron chi connectivity index (χ0n) is 11.1. The number of hydrogen-bond acceptors (Lipinski definition) is 2. The smallest absolute Gasteiger partial charge is 0.255 e. The summed E-state index contributed by atoms with van der Waals surface area (Å²) in [5.74, 6) is 0.285. The van der Waals surface area contributed by atoms with E-state index >= 15 is 0 Å². The van der Waals surface area contributed by atoms with E-state index in [1.54, 1.807) is 4.90 Å². The molecule has 1 aliphatic rings. The molecule has 96 valence electrons. The summed E-state index contributed by atoms with van der Waals surface area (Å²) in [7, 11) is 0. The molecular formula is C15H19NO2. The van der Waals surface area contributed by atoms with Gasteiger partial charge in [0.25, 0.3) is 5.91 Å². The van der Waals surface area contributed by atoms with Crippen LogP contribution in [0.4, 0.5) is 0 Å². The second kappa shape index (κ2) is 4.92. The fraction of sp³-hybridized carbons (Fsp3) is 0.467. The van der Waals surface area contributed by atoms with E-state index in [0.29, 0.717) is 13.0 Å². The summed E-state index contributed by atoms with van der Waals surface area (Å²) in [4.78, 5) is 26.1. The van der Waals surface area contributed by atoms with Gasteiger partial charge in [-0.3, -0.25) is 9.59 Å². The third kappa shape index (κ3) is 2.05. The predicted octanol–water partition coefficient (Wildman–Crippen LogP) is 2.65. The maximum Gasteiger partial charge on any atom is 0.255 e. The van der Waals surface area contributed by atoms with Crippen molar-refractivity contribution >= 4 is 11.7 Å². The quantitative estimate of drug-likeness (QED) is 0.817. The SMILES string of the molecule is CCC(=O)[C@H](C(C)C)N1Cc2ccccc2C1=O. The van der Waals surface area contributed by atoms with Crippen LogP contribution < -0.4 is 0 Å². The third-order valence-electron chi connectivity index (χ3n) is 3.49. The summed E-state index contributed by atoms with van der Waals surface area (Å²) in [5.41, 5.74) is 1.77. The predicted molar refractivity (Wildman–Crippen MR) is 70.2 cm³/mol. The molecule has 18 heavy (non-hydrogen) atoms. The van der Waals surface area contributed by atoms with Crippen LogP contribution in [0.1, 0.15) is 43.1 Å². The molecule has 0 spiro atoms. The first-order valence-corrected chi connectivity index (χ1v) is 6.47. The molecule has 0 unspecified atom stereocenters. The first-order chi connectivity index (χ1) is 8.56. The van der Waals surface area contributed by atoms with E-state index in [0.717, 1.165) is 11.1 Å². The third-order valence-corrected chi connectivity index (χ3v) is 3.49. The number of carbonyl (C=O) groups is 2. The number of fused-ring (bicyclic) bond motifs is 1. The van der Waals surface area contributed by atoms with Gasteiger partial charge in [-0.1, -0.05) is 39.0 Å². The number of carbonyl (C=O) groups excluding carboxylic acids is 2. The average Bonchev–Trinajstić information content (AvgIpc) is 2.67. The lowest BCUT2D eigenvalue weighted by Gasteiger charge is -2.29. The van der Waals surface area contributed by atoms with Crippen molar-refractivity contribution in [2.24, 2.45) is 5.92 Å². The molecule has 3 heteroatoms. The summed E-state index contributed by atoms with van der Waals surface area (Å²) < 4.78 is 0. The second-order valence-electron chi connectivity index (χ2n) is 5.10. The monoisotopic (exact) mass is 245 g/mol. The minimum atomic E-state index is -0.296. The van der Waals surface area contributed by atoms with Gasteiger partial charge in [-0.05, 0) is 17.5 Å². The molecular weight excluding hydrogens is 226 g/mol. The van der Waals surface area contributed by atoms with Gasteiger partial charge in [0.1, 0.15) is 0 Å². The van der Waals surface area contributed by atoms with Crippen molar-refractivity contribution in [3.8, 4) is 0 Å². The Balaban J connectivity index is 2.31. The molecule has 1 aromatic carbocycles. The van der Waals surface area contributed by atoms with Gasteiger partial charge in [-0.25, -0.2) is 0 Å². The topological polar surface area (TPSA) is 37.4 Å². The number of Topliss-reactive ketones (excluding diaryl/α,β-unsaturated/α-hetero) is 1. The van der Waals surface area contributed by atoms with Gasteiger partial charge in [0.2, 0.25) is 0 Å². The Morgan fingerprint density at radius 3 is 2.56 bits per heavy atom. The first kappa shape index (κ1) is 12.8. The molecule has 1 atom stereocenters. The molecule has 0 N–H and O–H groups in total. The van der Waals surface area contributed by atoms with Crippen LogP contribution in [0, 0.1) is 5.92 Å². The van der Waals surface area contributed by atoms with Crippen LogP contribution in [0.5, 0.6) is 0 Å². The number of benzene rings is 1. The largest absolute Gasteiger partial charge is 0.324 e. The zero-order chi connectivity index (χ0) is 13.3. The molecule has 0 bridgehead atoms. The molecule has 0 aliphatic carbocycles.